The monoisotopic (exact) mass is 540 g/mol. The summed E-state index contributed by atoms with van der Waals surface area (Å²) in [5, 5.41) is 5.99. The minimum absolute atomic E-state index is 0.199. The highest BCUT2D eigenvalue weighted by Crippen LogP contribution is 2.27. The third-order valence-corrected chi connectivity index (χ3v) is 5.85. The summed E-state index contributed by atoms with van der Waals surface area (Å²) in [6, 6.07) is 23.1. The van der Waals surface area contributed by atoms with Gasteiger partial charge in [-0.2, -0.15) is 0 Å². The lowest BCUT2D eigenvalue weighted by Gasteiger charge is -2.15. The van der Waals surface area contributed by atoms with Crippen molar-refractivity contribution in [2.24, 2.45) is 0 Å². The first-order valence-corrected chi connectivity index (χ1v) is 12.6. The summed E-state index contributed by atoms with van der Waals surface area (Å²) in [4.78, 5) is 12.7. The fourth-order valence-electron chi connectivity index (χ4n) is 3.21. The summed E-state index contributed by atoms with van der Waals surface area (Å²) in [7, 11) is 0. The molecule has 0 aliphatic heterocycles. The van der Waals surface area contributed by atoms with E-state index >= 15 is 0 Å². The molecule has 2 N–H and O–H groups in total. The zero-order valence-corrected chi connectivity index (χ0v) is 21.6. The topological polar surface area (TPSA) is 59.6 Å². The fourth-order valence-corrected chi connectivity index (χ4v) is 3.91. The molecule has 0 heterocycles. The number of anilines is 1. The van der Waals surface area contributed by atoms with Gasteiger partial charge in [0.15, 0.2) is 5.11 Å². The number of thiocarbonyl (C=S) groups is 1. The number of benzene rings is 3. The van der Waals surface area contributed by atoms with Crippen LogP contribution < -0.4 is 20.1 Å². The van der Waals surface area contributed by atoms with Gasteiger partial charge in [-0.3, -0.25) is 10.1 Å². The number of hydrogen-bond acceptors (Lipinski definition) is 4. The van der Waals surface area contributed by atoms with Gasteiger partial charge in [0.25, 0.3) is 5.91 Å². The Kier molecular flexibility index (Phi) is 10.4. The second-order valence-electron chi connectivity index (χ2n) is 7.69. The van der Waals surface area contributed by atoms with E-state index in [2.05, 4.69) is 45.6 Å². The predicted octanol–water partition coefficient (Wildman–Crippen LogP) is 6.77. The van der Waals surface area contributed by atoms with Gasteiger partial charge in [0.1, 0.15) is 11.5 Å². The average Bonchev–Trinajstić information content (AvgIpc) is 2.84. The Hall–Kier alpha value is -2.90. The van der Waals surface area contributed by atoms with Gasteiger partial charge in [0.05, 0.1) is 23.4 Å². The number of unbranched alkanes of at least 4 members (excludes halogenated alkanes) is 1. The van der Waals surface area contributed by atoms with Crippen molar-refractivity contribution >= 4 is 44.9 Å². The Morgan fingerprint density at radius 3 is 2.38 bits per heavy atom. The van der Waals surface area contributed by atoms with E-state index in [1.54, 1.807) is 18.2 Å². The van der Waals surface area contributed by atoms with Gasteiger partial charge in [-0.1, -0.05) is 55.8 Å². The molecule has 0 fully saturated rings. The van der Waals surface area contributed by atoms with Crippen LogP contribution >= 0.6 is 28.1 Å². The fraction of sp³-hybridized carbons (Fsp3) is 0.259. The second-order valence-corrected chi connectivity index (χ2v) is 8.95. The van der Waals surface area contributed by atoms with Crippen molar-refractivity contribution in [1.29, 1.82) is 0 Å². The lowest BCUT2D eigenvalue weighted by molar-refractivity contribution is 0.0977. The SMILES string of the molecule is CCCCOc1ccc(C(=O)NC(=S)Nc2ccccc2OCCCc2ccccc2)cc1Br. The molecule has 0 aliphatic rings. The van der Waals surface area contributed by atoms with Crippen molar-refractivity contribution in [3.63, 3.8) is 0 Å². The van der Waals surface area contributed by atoms with Crippen LogP contribution in [-0.2, 0) is 6.42 Å². The highest BCUT2D eigenvalue weighted by atomic mass is 79.9. The Morgan fingerprint density at radius 1 is 0.912 bits per heavy atom. The molecular weight excluding hydrogens is 512 g/mol. The number of carbonyl (C=O) groups excluding carboxylic acids is 1. The van der Waals surface area contributed by atoms with Crippen molar-refractivity contribution in [3.05, 3.63) is 88.4 Å². The molecule has 3 rings (SSSR count). The first-order chi connectivity index (χ1) is 16.6. The van der Waals surface area contributed by atoms with Gasteiger partial charge in [0, 0.05) is 5.56 Å². The van der Waals surface area contributed by atoms with Gasteiger partial charge < -0.3 is 14.8 Å². The van der Waals surface area contributed by atoms with Crippen LogP contribution in [-0.4, -0.2) is 24.2 Å². The van der Waals surface area contributed by atoms with Crippen molar-refractivity contribution in [3.8, 4) is 11.5 Å². The third-order valence-electron chi connectivity index (χ3n) is 5.02. The van der Waals surface area contributed by atoms with Crippen LogP contribution in [0.2, 0.25) is 0 Å². The molecule has 3 aromatic carbocycles. The molecule has 0 aliphatic carbocycles. The van der Waals surface area contributed by atoms with E-state index in [-0.39, 0.29) is 11.0 Å². The maximum Gasteiger partial charge on any atom is 0.257 e. The third kappa shape index (κ3) is 8.15. The number of hydrogen-bond donors (Lipinski definition) is 2. The number of rotatable bonds is 11. The maximum absolute atomic E-state index is 12.7. The quantitative estimate of drug-likeness (QED) is 0.207. The number of nitrogens with one attached hydrogen (secondary N) is 2. The number of para-hydroxylation sites is 2. The van der Waals surface area contributed by atoms with E-state index in [0.717, 1.165) is 30.2 Å². The lowest BCUT2D eigenvalue weighted by Crippen LogP contribution is -2.34. The van der Waals surface area contributed by atoms with E-state index in [1.165, 1.54) is 5.56 Å². The van der Waals surface area contributed by atoms with Crippen molar-refractivity contribution in [2.45, 2.75) is 32.6 Å². The van der Waals surface area contributed by atoms with Gasteiger partial charge >= 0.3 is 0 Å². The zero-order valence-electron chi connectivity index (χ0n) is 19.2. The molecule has 0 unspecified atom stereocenters. The van der Waals surface area contributed by atoms with Crippen LogP contribution in [0.4, 0.5) is 5.69 Å². The molecule has 0 atom stereocenters. The highest BCUT2D eigenvalue weighted by Gasteiger charge is 2.12. The largest absolute Gasteiger partial charge is 0.492 e. The highest BCUT2D eigenvalue weighted by molar-refractivity contribution is 9.10. The summed E-state index contributed by atoms with van der Waals surface area (Å²) in [5.41, 5.74) is 2.46. The Labute approximate surface area is 215 Å². The number of ether oxygens (including phenoxy) is 2. The van der Waals surface area contributed by atoms with Gasteiger partial charge in [-0.05, 0) is 83.3 Å². The summed E-state index contributed by atoms with van der Waals surface area (Å²) in [6.45, 7) is 3.33. The molecule has 1 amide bonds. The molecule has 3 aromatic rings. The van der Waals surface area contributed by atoms with Gasteiger partial charge in [0.2, 0.25) is 0 Å². The van der Waals surface area contributed by atoms with E-state index in [1.807, 2.05) is 42.5 Å². The molecule has 0 radical (unpaired) electrons. The van der Waals surface area contributed by atoms with Crippen LogP contribution in [0.5, 0.6) is 11.5 Å². The van der Waals surface area contributed by atoms with Gasteiger partial charge in [-0.25, -0.2) is 0 Å². The van der Waals surface area contributed by atoms with E-state index < -0.39 is 0 Å². The van der Waals surface area contributed by atoms with Crippen molar-refractivity contribution in [1.82, 2.24) is 5.32 Å². The molecule has 0 bridgehead atoms. The number of aryl methyl sites for hydroxylation is 1. The minimum Gasteiger partial charge on any atom is -0.492 e. The summed E-state index contributed by atoms with van der Waals surface area (Å²) in [5.74, 6) is 1.09. The number of carbonyl (C=O) groups is 1. The Morgan fingerprint density at radius 2 is 1.62 bits per heavy atom. The zero-order chi connectivity index (χ0) is 24.2. The van der Waals surface area contributed by atoms with E-state index in [0.29, 0.717) is 36.0 Å². The molecular formula is C27H29BrN2O3S. The Balaban J connectivity index is 1.51. The molecule has 5 nitrogen and oxygen atoms in total. The minimum atomic E-state index is -0.306. The lowest BCUT2D eigenvalue weighted by atomic mass is 10.1. The number of halogens is 1. The molecule has 0 aromatic heterocycles. The normalized spacial score (nSPS) is 10.4. The van der Waals surface area contributed by atoms with Gasteiger partial charge in [-0.15, -0.1) is 0 Å². The first kappa shape index (κ1) is 25.7. The molecule has 34 heavy (non-hydrogen) atoms. The van der Waals surface area contributed by atoms with Crippen molar-refractivity contribution < 1.29 is 14.3 Å². The van der Waals surface area contributed by atoms with Crippen LogP contribution in [0, 0.1) is 0 Å². The predicted molar refractivity (Wildman–Crippen MR) is 145 cm³/mol. The van der Waals surface area contributed by atoms with Crippen LogP contribution in [0.15, 0.2) is 77.3 Å². The van der Waals surface area contributed by atoms with Crippen LogP contribution in [0.25, 0.3) is 0 Å². The molecule has 0 saturated carbocycles. The number of amides is 1. The van der Waals surface area contributed by atoms with E-state index in [4.69, 9.17) is 21.7 Å². The van der Waals surface area contributed by atoms with Crippen LogP contribution in [0.1, 0.15) is 42.1 Å². The van der Waals surface area contributed by atoms with Crippen LogP contribution in [0.3, 0.4) is 0 Å². The summed E-state index contributed by atoms with van der Waals surface area (Å²) in [6.07, 6.45) is 3.88. The van der Waals surface area contributed by atoms with Crippen molar-refractivity contribution in [2.75, 3.05) is 18.5 Å². The first-order valence-electron chi connectivity index (χ1n) is 11.4. The maximum atomic E-state index is 12.7. The summed E-state index contributed by atoms with van der Waals surface area (Å²) < 4.78 is 12.4. The van der Waals surface area contributed by atoms with E-state index in [9.17, 15) is 4.79 Å². The average molecular weight is 542 g/mol. The smallest absolute Gasteiger partial charge is 0.257 e. The molecule has 0 spiro atoms. The molecule has 7 heteroatoms. The molecule has 178 valence electrons. The standard InChI is InChI=1S/C27H29BrN2O3S/c1-2-3-17-32-24-16-15-21(19-22(24)28)26(31)30-27(34)29-23-13-7-8-14-25(23)33-18-9-12-20-10-5-4-6-11-20/h4-8,10-11,13-16,19H,2-3,9,12,17-18H2,1H3,(H2,29,30,31,34). The Bertz CT molecular complexity index is 1090. The second kappa shape index (κ2) is 13.7. The molecule has 0 saturated heterocycles. The summed E-state index contributed by atoms with van der Waals surface area (Å²) >= 11 is 8.84.